The van der Waals surface area contributed by atoms with Crippen LogP contribution in [0.5, 0.6) is 0 Å². The van der Waals surface area contributed by atoms with E-state index in [9.17, 15) is 14.4 Å². The predicted octanol–water partition coefficient (Wildman–Crippen LogP) is -2.11. The number of nitrogens with two attached hydrogens (primary N) is 3. The van der Waals surface area contributed by atoms with Crippen LogP contribution in [-0.4, -0.2) is 36.5 Å². The van der Waals surface area contributed by atoms with Crippen molar-refractivity contribution >= 4 is 17.8 Å². The molecule has 4 amide bonds. The van der Waals surface area contributed by atoms with Crippen molar-refractivity contribution in [1.29, 1.82) is 0 Å². The van der Waals surface area contributed by atoms with Gasteiger partial charge < -0.3 is 22.1 Å². The van der Waals surface area contributed by atoms with Gasteiger partial charge in [-0.1, -0.05) is 13.8 Å². The minimum atomic E-state index is -0.813. The molecule has 0 aliphatic carbocycles. The number of nitrogens with one attached hydrogen (secondary N) is 3. The Hall–Kier alpha value is -1.87. The van der Waals surface area contributed by atoms with Crippen molar-refractivity contribution in [3.63, 3.8) is 0 Å². The number of hydrogen-bond donors (Lipinski definition) is 6. The van der Waals surface area contributed by atoms with E-state index < -0.39 is 29.9 Å². The minimum absolute atomic E-state index is 0.0370. The molecule has 0 saturated carbocycles. The number of rotatable bonds is 9. The van der Waals surface area contributed by atoms with Crippen LogP contribution in [0.3, 0.4) is 0 Å². The van der Waals surface area contributed by atoms with Gasteiger partial charge in [0.2, 0.25) is 11.8 Å². The summed E-state index contributed by atoms with van der Waals surface area (Å²) >= 11 is 0. The van der Waals surface area contributed by atoms with Gasteiger partial charge in [0.1, 0.15) is 12.1 Å². The highest BCUT2D eigenvalue weighted by Crippen LogP contribution is 2.03. The predicted molar refractivity (Wildman–Crippen MR) is 73.9 cm³/mol. The van der Waals surface area contributed by atoms with Gasteiger partial charge in [-0.25, -0.2) is 10.2 Å². The van der Waals surface area contributed by atoms with Crippen LogP contribution in [0.4, 0.5) is 4.79 Å². The van der Waals surface area contributed by atoms with E-state index in [0.717, 1.165) is 0 Å². The first kappa shape index (κ1) is 18.1. The van der Waals surface area contributed by atoms with E-state index in [-0.39, 0.29) is 5.92 Å². The van der Waals surface area contributed by atoms with Crippen LogP contribution in [-0.2, 0) is 9.59 Å². The van der Waals surface area contributed by atoms with E-state index in [1.54, 1.807) is 0 Å². The Bertz CT molecular complexity index is 347. The summed E-state index contributed by atoms with van der Waals surface area (Å²) in [6, 6.07) is -2.07. The number of hydrogen-bond acceptors (Lipinski definition) is 5. The van der Waals surface area contributed by atoms with E-state index in [1.807, 2.05) is 13.8 Å². The lowest BCUT2D eigenvalue weighted by Gasteiger charge is -2.22. The molecular weight excluding hydrogens is 264 g/mol. The molecule has 0 aliphatic rings. The molecule has 0 aromatic carbocycles. The number of primary amides is 2. The quantitative estimate of drug-likeness (QED) is 0.162. The van der Waals surface area contributed by atoms with Crippen molar-refractivity contribution < 1.29 is 14.4 Å². The molecule has 9 N–H and O–H groups in total. The maximum Gasteiger partial charge on any atom is 0.312 e. The largest absolute Gasteiger partial charge is 0.368 e. The highest BCUT2D eigenvalue weighted by atomic mass is 16.2. The second-order valence-electron chi connectivity index (χ2n) is 4.79. The molecule has 0 aromatic heterocycles. The first-order valence-corrected chi connectivity index (χ1v) is 6.38. The van der Waals surface area contributed by atoms with Gasteiger partial charge in [0.05, 0.1) is 0 Å². The van der Waals surface area contributed by atoms with Crippen molar-refractivity contribution in [3.8, 4) is 0 Å². The standard InChI is InChI=1S/C11H24N6O3/c1-6(2)8(17-14)10(19)16-7(9(12)18)4-3-5-15-11(13)20/h6-8,17H,3-5,14H2,1-2H3,(H2,12,18)(H,16,19)(H3,13,15,20)/t7-,8-/m0/s1. The molecule has 116 valence electrons. The summed E-state index contributed by atoms with van der Waals surface area (Å²) < 4.78 is 0. The highest BCUT2D eigenvalue weighted by molar-refractivity contribution is 5.89. The monoisotopic (exact) mass is 288 g/mol. The van der Waals surface area contributed by atoms with Crippen molar-refractivity contribution in [2.45, 2.75) is 38.8 Å². The summed E-state index contributed by atoms with van der Waals surface area (Å²) in [6.07, 6.45) is 0.760. The van der Waals surface area contributed by atoms with Crippen LogP contribution >= 0.6 is 0 Å². The lowest BCUT2D eigenvalue weighted by atomic mass is 10.0. The Labute approximate surface area is 118 Å². The second-order valence-corrected chi connectivity index (χ2v) is 4.79. The fourth-order valence-electron chi connectivity index (χ4n) is 1.64. The zero-order valence-electron chi connectivity index (χ0n) is 11.8. The van der Waals surface area contributed by atoms with Gasteiger partial charge in [-0.2, -0.15) is 0 Å². The summed E-state index contributed by atoms with van der Waals surface area (Å²) in [7, 11) is 0. The number of carbonyl (C=O) groups is 3. The average molecular weight is 288 g/mol. The molecule has 0 heterocycles. The van der Waals surface area contributed by atoms with Crippen molar-refractivity contribution in [1.82, 2.24) is 16.1 Å². The topological polar surface area (TPSA) is 165 Å². The number of urea groups is 1. The molecule has 0 unspecified atom stereocenters. The molecule has 9 heteroatoms. The first-order chi connectivity index (χ1) is 9.29. The van der Waals surface area contributed by atoms with Gasteiger partial charge >= 0.3 is 6.03 Å². The molecular formula is C11H24N6O3. The summed E-state index contributed by atoms with van der Waals surface area (Å²) in [4.78, 5) is 33.7. The Morgan fingerprint density at radius 1 is 1.15 bits per heavy atom. The summed E-state index contributed by atoms with van der Waals surface area (Å²) in [5, 5.41) is 4.92. The Morgan fingerprint density at radius 2 is 1.75 bits per heavy atom. The third-order valence-corrected chi connectivity index (χ3v) is 2.76. The lowest BCUT2D eigenvalue weighted by molar-refractivity contribution is -0.129. The molecule has 20 heavy (non-hydrogen) atoms. The lowest BCUT2D eigenvalue weighted by Crippen LogP contribution is -2.55. The minimum Gasteiger partial charge on any atom is -0.368 e. The number of carbonyl (C=O) groups excluding carboxylic acids is 3. The molecule has 0 aromatic rings. The van der Waals surface area contributed by atoms with Crippen molar-refractivity contribution in [2.24, 2.45) is 23.2 Å². The van der Waals surface area contributed by atoms with Gasteiger partial charge in [0.15, 0.2) is 0 Å². The SMILES string of the molecule is CC(C)[C@H](NN)C(=O)N[C@@H](CCCNC(N)=O)C(N)=O. The van der Waals surface area contributed by atoms with Crippen molar-refractivity contribution in [2.75, 3.05) is 6.54 Å². The smallest absolute Gasteiger partial charge is 0.312 e. The van der Waals surface area contributed by atoms with Crippen LogP contribution in [0.1, 0.15) is 26.7 Å². The molecule has 0 rings (SSSR count). The molecule has 0 spiro atoms. The van der Waals surface area contributed by atoms with Crippen LogP contribution in [0.15, 0.2) is 0 Å². The summed E-state index contributed by atoms with van der Waals surface area (Å²) in [5.74, 6) is 4.22. The third-order valence-electron chi connectivity index (χ3n) is 2.76. The highest BCUT2D eigenvalue weighted by Gasteiger charge is 2.25. The maximum atomic E-state index is 11.9. The molecule has 0 radical (unpaired) electrons. The van der Waals surface area contributed by atoms with E-state index in [2.05, 4.69) is 16.1 Å². The van der Waals surface area contributed by atoms with E-state index in [4.69, 9.17) is 17.3 Å². The fourth-order valence-corrected chi connectivity index (χ4v) is 1.64. The maximum absolute atomic E-state index is 11.9. The average Bonchev–Trinajstić information content (AvgIpc) is 2.32. The van der Waals surface area contributed by atoms with E-state index in [0.29, 0.717) is 19.4 Å². The van der Waals surface area contributed by atoms with Gasteiger partial charge in [-0.05, 0) is 18.8 Å². The number of hydrazine groups is 1. The Balaban J connectivity index is 4.36. The van der Waals surface area contributed by atoms with Gasteiger partial charge in [0, 0.05) is 6.54 Å². The Kier molecular flexibility index (Phi) is 8.25. The van der Waals surface area contributed by atoms with E-state index >= 15 is 0 Å². The van der Waals surface area contributed by atoms with Gasteiger partial charge in [-0.15, -0.1) is 0 Å². The van der Waals surface area contributed by atoms with Crippen LogP contribution in [0, 0.1) is 5.92 Å². The van der Waals surface area contributed by atoms with Crippen LogP contribution in [0.25, 0.3) is 0 Å². The Morgan fingerprint density at radius 3 is 2.15 bits per heavy atom. The molecule has 0 saturated heterocycles. The first-order valence-electron chi connectivity index (χ1n) is 6.38. The molecule has 0 aliphatic heterocycles. The third kappa shape index (κ3) is 6.90. The van der Waals surface area contributed by atoms with E-state index in [1.165, 1.54) is 0 Å². The van der Waals surface area contributed by atoms with Crippen molar-refractivity contribution in [3.05, 3.63) is 0 Å². The number of amides is 4. The molecule has 0 fully saturated rings. The van der Waals surface area contributed by atoms with Crippen LogP contribution in [0.2, 0.25) is 0 Å². The molecule has 0 bridgehead atoms. The van der Waals surface area contributed by atoms with Gasteiger partial charge in [-0.3, -0.25) is 15.4 Å². The molecule has 2 atom stereocenters. The fraction of sp³-hybridized carbons (Fsp3) is 0.727. The summed E-state index contributed by atoms with van der Waals surface area (Å²) in [6.45, 7) is 3.94. The summed E-state index contributed by atoms with van der Waals surface area (Å²) in [5.41, 5.74) is 12.5. The normalized spacial score (nSPS) is 13.6. The zero-order chi connectivity index (χ0) is 15.7. The second kappa shape index (κ2) is 9.10. The molecule has 9 nitrogen and oxygen atoms in total. The van der Waals surface area contributed by atoms with Crippen LogP contribution < -0.4 is 33.4 Å². The van der Waals surface area contributed by atoms with Gasteiger partial charge in [0.25, 0.3) is 0 Å². The zero-order valence-corrected chi connectivity index (χ0v) is 11.8.